The van der Waals surface area contributed by atoms with Gasteiger partial charge in [0.15, 0.2) is 0 Å². The van der Waals surface area contributed by atoms with E-state index >= 15 is 0 Å². The number of fused-ring (bicyclic) bond motifs is 1. The normalized spacial score (nSPS) is 19.8. The summed E-state index contributed by atoms with van der Waals surface area (Å²) in [7, 11) is 0. The lowest BCUT2D eigenvalue weighted by molar-refractivity contribution is -0.124. The summed E-state index contributed by atoms with van der Waals surface area (Å²) in [6, 6.07) is 26.5. The van der Waals surface area contributed by atoms with E-state index in [1.165, 1.54) is 0 Å². The van der Waals surface area contributed by atoms with Gasteiger partial charge in [-0.05, 0) is 42.2 Å². The van der Waals surface area contributed by atoms with Gasteiger partial charge in [-0.15, -0.1) is 0 Å². The molecule has 5 nitrogen and oxygen atoms in total. The van der Waals surface area contributed by atoms with Crippen LogP contribution in [0.4, 0.5) is 5.69 Å². The van der Waals surface area contributed by atoms with Crippen LogP contribution < -0.4 is 10.2 Å². The standard InChI is InChI=1S/C28H28N2O3/c31-24(20-11-3-1-4-12-20)19-29-26(32)25-22-15-7-8-16-23(22)27(33)30(21-13-5-2-6-14-21)28(25)17-9-10-18-28/h1-8,11-16,24-25,31H,9-10,17-19H2,(H,29,32)/t24-,25-/m0/s1. The van der Waals surface area contributed by atoms with Crippen molar-refractivity contribution in [2.75, 3.05) is 11.4 Å². The van der Waals surface area contributed by atoms with Gasteiger partial charge in [0.1, 0.15) is 0 Å². The van der Waals surface area contributed by atoms with Crippen LogP contribution >= 0.6 is 0 Å². The van der Waals surface area contributed by atoms with E-state index < -0.39 is 17.6 Å². The Morgan fingerprint density at radius 3 is 2.24 bits per heavy atom. The number of hydrogen-bond donors (Lipinski definition) is 2. The summed E-state index contributed by atoms with van der Waals surface area (Å²) in [6.07, 6.45) is 2.67. The van der Waals surface area contributed by atoms with Crippen LogP contribution in [-0.4, -0.2) is 29.0 Å². The number of carbonyl (C=O) groups excluding carboxylic acids is 2. The SMILES string of the molecule is O=C(NC[C@H](O)c1ccccc1)[C@@H]1c2ccccc2C(=O)N(c2ccccc2)C12CCCC2. The van der Waals surface area contributed by atoms with E-state index in [1.807, 2.05) is 89.8 Å². The van der Waals surface area contributed by atoms with Crippen LogP contribution in [-0.2, 0) is 4.79 Å². The van der Waals surface area contributed by atoms with Crippen molar-refractivity contribution in [3.05, 3.63) is 102 Å². The van der Waals surface area contributed by atoms with Gasteiger partial charge in [-0.1, -0.05) is 79.6 Å². The molecule has 2 N–H and O–H groups in total. The lowest BCUT2D eigenvalue weighted by atomic mass is 9.70. The van der Waals surface area contributed by atoms with Gasteiger partial charge in [-0.25, -0.2) is 0 Å². The van der Waals surface area contributed by atoms with Crippen molar-refractivity contribution in [1.29, 1.82) is 0 Å². The summed E-state index contributed by atoms with van der Waals surface area (Å²) in [5, 5.41) is 13.6. The van der Waals surface area contributed by atoms with Crippen LogP contribution in [0.1, 0.15) is 59.2 Å². The fourth-order valence-electron chi connectivity index (χ4n) is 5.61. The Balaban J connectivity index is 1.53. The number of aliphatic hydroxyl groups is 1. The average molecular weight is 441 g/mol. The molecule has 0 bridgehead atoms. The van der Waals surface area contributed by atoms with Crippen LogP contribution in [0.3, 0.4) is 0 Å². The first-order valence-electron chi connectivity index (χ1n) is 11.6. The Kier molecular flexibility index (Phi) is 5.73. The second-order valence-corrected chi connectivity index (χ2v) is 8.98. The maximum Gasteiger partial charge on any atom is 0.259 e. The summed E-state index contributed by atoms with van der Waals surface area (Å²) in [4.78, 5) is 29.4. The van der Waals surface area contributed by atoms with Gasteiger partial charge in [0.25, 0.3) is 5.91 Å². The Morgan fingerprint density at radius 1 is 0.939 bits per heavy atom. The Bertz CT molecular complexity index is 1140. The van der Waals surface area contributed by atoms with Crippen molar-refractivity contribution < 1.29 is 14.7 Å². The van der Waals surface area contributed by atoms with E-state index in [2.05, 4.69) is 5.32 Å². The molecule has 5 heteroatoms. The number of amides is 2. The van der Waals surface area contributed by atoms with Crippen molar-refractivity contribution in [3.8, 4) is 0 Å². The fourth-order valence-corrected chi connectivity index (χ4v) is 5.61. The van der Waals surface area contributed by atoms with Gasteiger partial charge in [-0.2, -0.15) is 0 Å². The van der Waals surface area contributed by atoms with E-state index in [4.69, 9.17) is 0 Å². The molecule has 33 heavy (non-hydrogen) atoms. The molecule has 1 aliphatic heterocycles. The van der Waals surface area contributed by atoms with Crippen molar-refractivity contribution in [2.24, 2.45) is 0 Å². The summed E-state index contributed by atoms with van der Waals surface area (Å²) in [5.41, 5.74) is 2.32. The number of anilines is 1. The molecule has 1 heterocycles. The molecule has 2 amide bonds. The lowest BCUT2D eigenvalue weighted by Crippen LogP contribution is -2.61. The second kappa shape index (κ2) is 8.83. The predicted molar refractivity (Wildman–Crippen MR) is 128 cm³/mol. The third-order valence-electron chi connectivity index (χ3n) is 7.09. The summed E-state index contributed by atoms with van der Waals surface area (Å²) >= 11 is 0. The van der Waals surface area contributed by atoms with Gasteiger partial charge >= 0.3 is 0 Å². The summed E-state index contributed by atoms with van der Waals surface area (Å²) in [5.74, 6) is -0.697. The van der Waals surface area contributed by atoms with Crippen LogP contribution in [0, 0.1) is 0 Å². The maximum atomic E-state index is 13.8. The monoisotopic (exact) mass is 440 g/mol. The third kappa shape index (κ3) is 3.72. The molecule has 3 aromatic carbocycles. The number of nitrogens with zero attached hydrogens (tertiary/aromatic N) is 1. The van der Waals surface area contributed by atoms with Crippen LogP contribution in [0.25, 0.3) is 0 Å². The van der Waals surface area contributed by atoms with Crippen LogP contribution in [0.15, 0.2) is 84.9 Å². The first-order valence-corrected chi connectivity index (χ1v) is 11.6. The van der Waals surface area contributed by atoms with Gasteiger partial charge in [0.2, 0.25) is 5.91 Å². The summed E-state index contributed by atoms with van der Waals surface area (Å²) < 4.78 is 0. The number of benzene rings is 3. The highest BCUT2D eigenvalue weighted by Gasteiger charge is 2.56. The van der Waals surface area contributed by atoms with E-state index in [0.29, 0.717) is 5.56 Å². The molecule has 2 aliphatic rings. The highest BCUT2D eigenvalue weighted by molar-refractivity contribution is 6.12. The maximum absolute atomic E-state index is 13.8. The van der Waals surface area contributed by atoms with Gasteiger partial charge in [0.05, 0.1) is 17.6 Å². The van der Waals surface area contributed by atoms with Crippen molar-refractivity contribution in [1.82, 2.24) is 5.32 Å². The molecule has 5 rings (SSSR count). The molecule has 168 valence electrons. The number of rotatable bonds is 5. The molecular formula is C28H28N2O3. The largest absolute Gasteiger partial charge is 0.387 e. The number of carbonyl (C=O) groups is 2. The minimum absolute atomic E-state index is 0.0490. The topological polar surface area (TPSA) is 69.6 Å². The molecule has 2 atom stereocenters. The molecule has 3 aromatic rings. The lowest BCUT2D eigenvalue weighted by Gasteiger charge is -2.50. The molecule has 1 aliphatic carbocycles. The average Bonchev–Trinajstić information content (AvgIpc) is 3.33. The molecule has 0 saturated heterocycles. The van der Waals surface area contributed by atoms with E-state index in [0.717, 1.165) is 42.5 Å². The first-order chi connectivity index (χ1) is 16.1. The van der Waals surface area contributed by atoms with Crippen LogP contribution in [0.2, 0.25) is 0 Å². The number of aliphatic hydroxyl groups excluding tert-OH is 1. The predicted octanol–water partition coefficient (Wildman–Crippen LogP) is 4.59. The molecule has 0 unspecified atom stereocenters. The number of para-hydroxylation sites is 1. The second-order valence-electron chi connectivity index (χ2n) is 8.98. The Labute approximate surface area is 194 Å². The Hall–Kier alpha value is -3.44. The van der Waals surface area contributed by atoms with Crippen LogP contribution in [0.5, 0.6) is 0 Å². The first kappa shape index (κ1) is 21.4. The number of hydrogen-bond acceptors (Lipinski definition) is 3. The molecule has 0 radical (unpaired) electrons. The highest BCUT2D eigenvalue weighted by atomic mass is 16.3. The smallest absolute Gasteiger partial charge is 0.259 e. The molecule has 1 saturated carbocycles. The molecule has 1 spiro atoms. The highest BCUT2D eigenvalue weighted by Crippen LogP contribution is 2.51. The zero-order valence-electron chi connectivity index (χ0n) is 18.5. The van der Waals surface area contributed by atoms with Gasteiger partial charge < -0.3 is 15.3 Å². The minimum atomic E-state index is -0.791. The minimum Gasteiger partial charge on any atom is -0.387 e. The van der Waals surface area contributed by atoms with Crippen molar-refractivity contribution in [3.63, 3.8) is 0 Å². The van der Waals surface area contributed by atoms with Gasteiger partial charge in [0, 0.05) is 17.8 Å². The molecular weight excluding hydrogens is 412 g/mol. The zero-order chi connectivity index (χ0) is 22.8. The van der Waals surface area contributed by atoms with Gasteiger partial charge in [-0.3, -0.25) is 9.59 Å². The van der Waals surface area contributed by atoms with Crippen molar-refractivity contribution in [2.45, 2.75) is 43.2 Å². The molecule has 0 aromatic heterocycles. The van der Waals surface area contributed by atoms with E-state index in [9.17, 15) is 14.7 Å². The third-order valence-corrected chi connectivity index (χ3v) is 7.09. The molecule has 1 fully saturated rings. The number of nitrogens with one attached hydrogen (secondary N) is 1. The summed E-state index contributed by atoms with van der Waals surface area (Å²) in [6.45, 7) is 0.122. The van der Waals surface area contributed by atoms with E-state index in [-0.39, 0.29) is 18.4 Å². The Morgan fingerprint density at radius 2 is 1.55 bits per heavy atom. The van der Waals surface area contributed by atoms with E-state index in [1.54, 1.807) is 0 Å². The zero-order valence-corrected chi connectivity index (χ0v) is 18.5. The quantitative estimate of drug-likeness (QED) is 0.610. The fraction of sp³-hybridized carbons (Fsp3) is 0.286. The van der Waals surface area contributed by atoms with Crippen molar-refractivity contribution >= 4 is 17.5 Å².